The molecule has 0 radical (unpaired) electrons. The van der Waals surface area contributed by atoms with Gasteiger partial charge in [0.25, 0.3) is 0 Å². The van der Waals surface area contributed by atoms with Crippen molar-refractivity contribution in [2.24, 2.45) is 5.92 Å². The molecule has 1 saturated carbocycles. The van der Waals surface area contributed by atoms with Crippen LogP contribution in [-0.2, 0) is 19.6 Å². The maximum absolute atomic E-state index is 13.5. The number of aliphatic hydroxyl groups is 1. The first-order valence-electron chi connectivity index (χ1n) is 6.19. The van der Waals surface area contributed by atoms with Gasteiger partial charge in [-0.05, 0) is 22.5 Å². The van der Waals surface area contributed by atoms with Crippen LogP contribution in [0.25, 0.3) is 0 Å². The summed E-state index contributed by atoms with van der Waals surface area (Å²) in [5, 5.41) is 10.1. The molecule has 2 fully saturated rings. The summed E-state index contributed by atoms with van der Waals surface area (Å²) >= 11 is 10.5. The highest BCUT2D eigenvalue weighted by Crippen LogP contribution is 2.61. The molecule has 1 aromatic heterocycles. The first kappa shape index (κ1) is 16.2. The van der Waals surface area contributed by atoms with Crippen molar-refractivity contribution in [3.8, 4) is 0 Å². The second-order valence-corrected chi connectivity index (χ2v) is 9.42. The second-order valence-electron chi connectivity index (χ2n) is 5.14. The van der Waals surface area contributed by atoms with Gasteiger partial charge in [-0.15, -0.1) is 0 Å². The Morgan fingerprint density at radius 2 is 2.36 bits per heavy atom. The van der Waals surface area contributed by atoms with E-state index in [0.717, 1.165) is 10.8 Å². The third-order valence-corrected chi connectivity index (χ3v) is 4.82. The van der Waals surface area contributed by atoms with Crippen molar-refractivity contribution in [1.82, 2.24) is 9.55 Å². The second kappa shape index (κ2) is 5.15. The Hall–Kier alpha value is -0.700. The zero-order chi connectivity index (χ0) is 16.3. The molecule has 12 heteroatoms. The molecule has 4 atom stereocenters. The average Bonchev–Trinajstić information content (AvgIpc) is 3.06. The highest BCUT2D eigenvalue weighted by molar-refractivity contribution is 8.05. The van der Waals surface area contributed by atoms with Gasteiger partial charge in [0.05, 0.1) is 18.9 Å². The molecule has 22 heavy (non-hydrogen) atoms. The Bertz CT molecular complexity index is 727. The lowest BCUT2D eigenvalue weighted by atomic mass is 10.1. The Labute approximate surface area is 133 Å². The van der Waals surface area contributed by atoms with Gasteiger partial charge in [0, 0.05) is 12.3 Å². The molecule has 3 N–H and O–H groups in total. The van der Waals surface area contributed by atoms with Gasteiger partial charge in [-0.2, -0.15) is 4.98 Å². The van der Waals surface area contributed by atoms with E-state index in [9.17, 15) is 18.9 Å². The lowest BCUT2D eigenvalue weighted by Crippen LogP contribution is -2.36. The number of ether oxygens (including phenoxy) is 1. The highest BCUT2D eigenvalue weighted by Gasteiger charge is 2.69. The van der Waals surface area contributed by atoms with Gasteiger partial charge in [-0.3, -0.25) is 9.13 Å². The predicted octanol–water partition coefficient (Wildman–Crippen LogP) is 0.999. The van der Waals surface area contributed by atoms with Crippen LogP contribution in [0, 0.1) is 11.7 Å². The standard InChI is InChI=1S/C10H11Cl2FN3O5P/c11-22(12,19)20-3-6-7(17)4-1-10(4,21-6)16-2-5(13)8(14)15-9(16)18/h2,4,6-7,17H,1,3H2,(H2,14,15,18)/t4?,6-,7-,10+/m1/s1. The topological polar surface area (TPSA) is 117 Å². The number of rotatable bonds is 4. The monoisotopic (exact) mass is 373 g/mol. The van der Waals surface area contributed by atoms with Crippen LogP contribution in [0.4, 0.5) is 10.2 Å². The number of nitrogens with two attached hydrogens (primary N) is 1. The summed E-state index contributed by atoms with van der Waals surface area (Å²) < 4.78 is 35.9. The summed E-state index contributed by atoms with van der Waals surface area (Å²) in [6.07, 6.45) is -4.50. The fourth-order valence-electron chi connectivity index (χ4n) is 2.71. The van der Waals surface area contributed by atoms with Crippen molar-refractivity contribution < 1.29 is 23.3 Å². The van der Waals surface area contributed by atoms with E-state index in [0.29, 0.717) is 6.42 Å². The highest BCUT2D eigenvalue weighted by atomic mass is 35.9. The van der Waals surface area contributed by atoms with Crippen LogP contribution in [0.15, 0.2) is 11.0 Å². The number of aliphatic hydroxyl groups excluding tert-OH is 1. The van der Waals surface area contributed by atoms with E-state index in [1.165, 1.54) is 0 Å². The van der Waals surface area contributed by atoms with E-state index in [2.05, 4.69) is 4.98 Å². The number of aromatic nitrogens is 2. The molecule has 1 unspecified atom stereocenters. The Morgan fingerprint density at radius 1 is 1.68 bits per heavy atom. The summed E-state index contributed by atoms with van der Waals surface area (Å²) in [7, 11) is 0. The molecular formula is C10H11Cl2FN3O5P. The van der Waals surface area contributed by atoms with E-state index >= 15 is 0 Å². The molecular weight excluding hydrogens is 363 g/mol. The van der Waals surface area contributed by atoms with Gasteiger partial charge in [0.1, 0.15) is 6.10 Å². The van der Waals surface area contributed by atoms with Crippen LogP contribution in [0.2, 0.25) is 0 Å². The molecule has 0 amide bonds. The average molecular weight is 374 g/mol. The van der Waals surface area contributed by atoms with Crippen LogP contribution in [-0.4, -0.2) is 33.5 Å². The van der Waals surface area contributed by atoms with Crippen molar-refractivity contribution in [1.29, 1.82) is 0 Å². The number of nitrogen functional groups attached to an aromatic ring is 1. The maximum atomic E-state index is 13.5. The van der Waals surface area contributed by atoms with E-state index in [4.69, 9.17) is 37.5 Å². The lowest BCUT2D eigenvalue weighted by molar-refractivity contribution is -0.0843. The van der Waals surface area contributed by atoms with E-state index in [-0.39, 0.29) is 6.61 Å². The zero-order valence-electron chi connectivity index (χ0n) is 10.9. The first-order valence-corrected chi connectivity index (χ1v) is 9.62. The SMILES string of the molecule is Nc1nc(=O)n([C@]23CC2[C@@H](O)[C@@H](COP(=O)(Cl)Cl)O3)cc1F. The van der Waals surface area contributed by atoms with Crippen LogP contribution < -0.4 is 11.4 Å². The summed E-state index contributed by atoms with van der Waals surface area (Å²) in [6, 6.07) is 0. The van der Waals surface area contributed by atoms with Gasteiger partial charge >= 0.3 is 11.8 Å². The Balaban J connectivity index is 1.84. The summed E-state index contributed by atoms with van der Waals surface area (Å²) in [5.74, 6) is -1.84. The largest absolute Gasteiger partial charge is 0.390 e. The maximum Gasteiger partial charge on any atom is 0.380 e. The third kappa shape index (κ3) is 2.66. The van der Waals surface area contributed by atoms with Crippen LogP contribution in [0.3, 0.4) is 0 Å². The fraction of sp³-hybridized carbons (Fsp3) is 0.600. The van der Waals surface area contributed by atoms with E-state index < -0.39 is 47.2 Å². The number of nitrogens with zero attached hydrogens (tertiary/aromatic N) is 2. The molecule has 2 heterocycles. The molecule has 1 aliphatic carbocycles. The molecule has 3 rings (SSSR count). The zero-order valence-corrected chi connectivity index (χ0v) is 13.3. The summed E-state index contributed by atoms with van der Waals surface area (Å²) in [4.78, 5) is 15.2. The van der Waals surface area contributed by atoms with Crippen LogP contribution >= 0.6 is 28.6 Å². The molecule has 0 aromatic carbocycles. The Kier molecular flexibility index (Phi) is 3.79. The number of anilines is 1. The fourth-order valence-corrected chi connectivity index (χ4v) is 3.37. The minimum atomic E-state index is -3.77. The molecule has 2 aliphatic rings. The molecule has 0 bridgehead atoms. The van der Waals surface area contributed by atoms with Gasteiger partial charge in [-0.1, -0.05) is 0 Å². The van der Waals surface area contributed by atoms with Crippen molar-refractivity contribution in [3.05, 3.63) is 22.5 Å². The quantitative estimate of drug-likeness (QED) is 0.756. The van der Waals surface area contributed by atoms with Crippen molar-refractivity contribution >= 4 is 34.4 Å². The van der Waals surface area contributed by atoms with Crippen molar-refractivity contribution in [3.63, 3.8) is 0 Å². The summed E-state index contributed by atoms with van der Waals surface area (Å²) in [5.41, 5.74) is 3.22. The van der Waals surface area contributed by atoms with Gasteiger partial charge in [0.15, 0.2) is 17.4 Å². The summed E-state index contributed by atoms with van der Waals surface area (Å²) in [6.45, 7) is -0.330. The van der Waals surface area contributed by atoms with E-state index in [1.54, 1.807) is 0 Å². The lowest BCUT2D eigenvalue weighted by Gasteiger charge is -2.21. The molecule has 0 spiro atoms. The number of hydrogen-bond donors (Lipinski definition) is 2. The first-order chi connectivity index (χ1) is 10.1. The normalized spacial score (nSPS) is 33.7. The third-order valence-electron chi connectivity index (χ3n) is 3.79. The smallest absolute Gasteiger partial charge is 0.380 e. The van der Waals surface area contributed by atoms with Crippen LogP contribution in [0.1, 0.15) is 6.42 Å². The molecule has 1 saturated heterocycles. The van der Waals surface area contributed by atoms with Crippen molar-refractivity contribution in [2.45, 2.75) is 24.4 Å². The number of fused-ring (bicyclic) bond motifs is 1. The molecule has 122 valence electrons. The number of hydrogen-bond acceptors (Lipinski definition) is 7. The van der Waals surface area contributed by atoms with E-state index in [1.807, 2.05) is 0 Å². The Morgan fingerprint density at radius 3 is 3.00 bits per heavy atom. The van der Waals surface area contributed by atoms with Gasteiger partial charge < -0.3 is 20.1 Å². The minimum Gasteiger partial charge on any atom is -0.390 e. The number of halogens is 3. The van der Waals surface area contributed by atoms with Gasteiger partial charge in [-0.25, -0.2) is 9.18 Å². The van der Waals surface area contributed by atoms with Crippen LogP contribution in [0.5, 0.6) is 0 Å². The van der Waals surface area contributed by atoms with Crippen molar-refractivity contribution in [2.75, 3.05) is 12.3 Å². The molecule has 1 aromatic rings. The molecule has 1 aliphatic heterocycles. The minimum absolute atomic E-state index is 0.301. The van der Waals surface area contributed by atoms with Gasteiger partial charge in [0.2, 0.25) is 0 Å². The predicted molar refractivity (Wildman–Crippen MR) is 75.1 cm³/mol. The molecule has 8 nitrogen and oxygen atoms in total.